The van der Waals surface area contributed by atoms with Gasteiger partial charge in [-0.3, -0.25) is 5.32 Å². The molecule has 1 heterocycles. The summed E-state index contributed by atoms with van der Waals surface area (Å²) in [5.41, 5.74) is 4.60. The first-order chi connectivity index (χ1) is 11.7. The number of nitrogens with one attached hydrogen (secondary N) is 2. The zero-order valence-electron chi connectivity index (χ0n) is 13.5. The Bertz CT molecular complexity index is 869. The van der Waals surface area contributed by atoms with Crippen molar-refractivity contribution >= 4 is 28.6 Å². The molecule has 0 saturated carbocycles. The fourth-order valence-electron chi connectivity index (χ4n) is 2.39. The minimum absolute atomic E-state index is 0.369. The van der Waals surface area contributed by atoms with Crippen molar-refractivity contribution in [3.63, 3.8) is 0 Å². The van der Waals surface area contributed by atoms with Crippen LogP contribution in [0.4, 0.5) is 10.7 Å². The first-order valence-electron chi connectivity index (χ1n) is 7.85. The lowest BCUT2D eigenvalue weighted by Crippen LogP contribution is -2.14. The second-order valence-electron chi connectivity index (χ2n) is 5.42. The van der Waals surface area contributed by atoms with E-state index in [1.807, 2.05) is 55.5 Å². The third-order valence-electron chi connectivity index (χ3n) is 3.61. The molecule has 0 unspecified atom stereocenters. The second-order valence-corrected chi connectivity index (χ2v) is 5.42. The number of carbonyl (C=O) groups excluding carboxylic acids is 1. The minimum atomic E-state index is -0.509. The molecular formula is C19H19N3O2. The summed E-state index contributed by atoms with van der Waals surface area (Å²) in [6.07, 6.45) is 0.267. The summed E-state index contributed by atoms with van der Waals surface area (Å²) in [5.74, 6) is 0.369. The summed E-state index contributed by atoms with van der Waals surface area (Å²) in [4.78, 5) is 19.0. The number of imidazole rings is 1. The number of hydrogen-bond acceptors (Lipinski definition) is 3. The smallest absolute Gasteiger partial charge is 0.413 e. The zero-order valence-corrected chi connectivity index (χ0v) is 13.5. The van der Waals surface area contributed by atoms with Crippen LogP contribution in [-0.4, -0.2) is 22.7 Å². The SMILES string of the molecule is C=C(c1ccccc1)c1ccc2nc(NC(=O)OCCC)[nH]c2c1. The number of hydrogen-bond donors (Lipinski definition) is 2. The van der Waals surface area contributed by atoms with E-state index in [0.717, 1.165) is 34.2 Å². The van der Waals surface area contributed by atoms with E-state index in [9.17, 15) is 4.79 Å². The summed E-state index contributed by atoms with van der Waals surface area (Å²) in [6.45, 7) is 6.49. The normalized spacial score (nSPS) is 10.5. The molecule has 3 rings (SSSR count). The average Bonchev–Trinajstić information content (AvgIpc) is 3.01. The van der Waals surface area contributed by atoms with Gasteiger partial charge in [-0.2, -0.15) is 0 Å². The van der Waals surface area contributed by atoms with Gasteiger partial charge in [-0.1, -0.05) is 49.9 Å². The monoisotopic (exact) mass is 321 g/mol. The number of H-pyrrole nitrogens is 1. The zero-order chi connectivity index (χ0) is 16.9. The third kappa shape index (κ3) is 3.46. The van der Waals surface area contributed by atoms with Crippen LogP contribution in [0.15, 0.2) is 55.1 Å². The van der Waals surface area contributed by atoms with Crippen molar-refractivity contribution < 1.29 is 9.53 Å². The lowest BCUT2D eigenvalue weighted by atomic mass is 9.99. The fourth-order valence-corrected chi connectivity index (χ4v) is 2.39. The number of fused-ring (bicyclic) bond motifs is 1. The van der Waals surface area contributed by atoms with Crippen LogP contribution in [0.1, 0.15) is 24.5 Å². The van der Waals surface area contributed by atoms with E-state index in [1.54, 1.807) is 0 Å². The summed E-state index contributed by atoms with van der Waals surface area (Å²) < 4.78 is 4.99. The van der Waals surface area contributed by atoms with E-state index in [4.69, 9.17) is 4.74 Å². The first kappa shape index (κ1) is 15.8. The van der Waals surface area contributed by atoms with Gasteiger partial charge >= 0.3 is 6.09 Å². The summed E-state index contributed by atoms with van der Waals surface area (Å²) >= 11 is 0. The van der Waals surface area contributed by atoms with Crippen LogP contribution in [0, 0.1) is 0 Å². The van der Waals surface area contributed by atoms with E-state index in [1.165, 1.54) is 0 Å². The van der Waals surface area contributed by atoms with Gasteiger partial charge in [-0.05, 0) is 35.3 Å². The maximum absolute atomic E-state index is 11.6. The maximum Gasteiger partial charge on any atom is 0.413 e. The number of benzene rings is 2. The molecule has 122 valence electrons. The Hall–Kier alpha value is -3.08. The molecule has 2 aromatic carbocycles. The minimum Gasteiger partial charge on any atom is -0.449 e. The number of ether oxygens (including phenoxy) is 1. The Kier molecular flexibility index (Phi) is 4.61. The van der Waals surface area contributed by atoms with Gasteiger partial charge in [0.2, 0.25) is 5.95 Å². The van der Waals surface area contributed by atoms with Gasteiger partial charge in [0, 0.05) is 0 Å². The number of aromatic nitrogens is 2. The van der Waals surface area contributed by atoms with E-state index in [0.29, 0.717) is 12.6 Å². The number of amides is 1. The van der Waals surface area contributed by atoms with Gasteiger partial charge in [-0.25, -0.2) is 9.78 Å². The summed E-state index contributed by atoms with van der Waals surface area (Å²) in [7, 11) is 0. The highest BCUT2D eigenvalue weighted by molar-refractivity contribution is 5.89. The quantitative estimate of drug-likeness (QED) is 0.722. The molecule has 0 aliphatic carbocycles. The Labute approximate surface area is 140 Å². The van der Waals surface area contributed by atoms with Gasteiger partial charge < -0.3 is 9.72 Å². The molecule has 5 heteroatoms. The van der Waals surface area contributed by atoms with Crippen molar-refractivity contribution in [2.24, 2.45) is 0 Å². The van der Waals surface area contributed by atoms with Crippen molar-refractivity contribution in [3.05, 3.63) is 66.2 Å². The highest BCUT2D eigenvalue weighted by Gasteiger charge is 2.09. The molecule has 0 bridgehead atoms. The molecule has 0 atom stereocenters. The highest BCUT2D eigenvalue weighted by Crippen LogP contribution is 2.25. The van der Waals surface area contributed by atoms with Crippen LogP contribution in [0.25, 0.3) is 16.6 Å². The molecule has 0 fully saturated rings. The number of anilines is 1. The van der Waals surface area contributed by atoms with Crippen LogP contribution in [0.2, 0.25) is 0 Å². The van der Waals surface area contributed by atoms with Gasteiger partial charge in [-0.15, -0.1) is 0 Å². The second kappa shape index (κ2) is 7.00. The fraction of sp³-hybridized carbons (Fsp3) is 0.158. The van der Waals surface area contributed by atoms with Crippen molar-refractivity contribution in [1.29, 1.82) is 0 Å². The molecular weight excluding hydrogens is 302 g/mol. The highest BCUT2D eigenvalue weighted by atomic mass is 16.5. The third-order valence-corrected chi connectivity index (χ3v) is 3.61. The molecule has 24 heavy (non-hydrogen) atoms. The predicted octanol–water partition coefficient (Wildman–Crippen LogP) is 4.58. The van der Waals surface area contributed by atoms with Gasteiger partial charge in [0.15, 0.2) is 0 Å². The topological polar surface area (TPSA) is 67.0 Å². The van der Waals surface area contributed by atoms with Crippen LogP contribution in [0.3, 0.4) is 0 Å². The molecule has 3 aromatic rings. The molecule has 1 aromatic heterocycles. The average molecular weight is 321 g/mol. The van der Waals surface area contributed by atoms with Crippen molar-refractivity contribution in [1.82, 2.24) is 9.97 Å². The number of carbonyl (C=O) groups is 1. The Morgan fingerprint density at radius 3 is 2.75 bits per heavy atom. The van der Waals surface area contributed by atoms with Crippen LogP contribution >= 0.6 is 0 Å². The van der Waals surface area contributed by atoms with Gasteiger partial charge in [0.1, 0.15) is 0 Å². The number of nitrogens with zero attached hydrogens (tertiary/aromatic N) is 1. The largest absolute Gasteiger partial charge is 0.449 e. The lowest BCUT2D eigenvalue weighted by Gasteiger charge is -2.05. The maximum atomic E-state index is 11.6. The molecule has 0 saturated heterocycles. The summed E-state index contributed by atoms with van der Waals surface area (Å²) in [5, 5.41) is 2.60. The van der Waals surface area contributed by atoms with Crippen LogP contribution in [-0.2, 0) is 4.74 Å². The first-order valence-corrected chi connectivity index (χ1v) is 7.85. The predicted molar refractivity (Wildman–Crippen MR) is 95.9 cm³/mol. The van der Waals surface area contributed by atoms with E-state index < -0.39 is 6.09 Å². The molecule has 1 amide bonds. The number of aromatic amines is 1. The standard InChI is InChI=1S/C19H19N3O2/c1-3-11-24-19(23)22-18-20-16-10-9-15(12-17(16)21-18)13(2)14-7-5-4-6-8-14/h4-10,12H,2-3,11H2,1H3,(H2,20,21,22,23). The van der Waals surface area contributed by atoms with Crippen molar-refractivity contribution in [3.8, 4) is 0 Å². The van der Waals surface area contributed by atoms with Gasteiger partial charge in [0.25, 0.3) is 0 Å². The molecule has 0 aliphatic rings. The van der Waals surface area contributed by atoms with Crippen LogP contribution < -0.4 is 5.32 Å². The Balaban J connectivity index is 1.81. The summed E-state index contributed by atoms with van der Waals surface area (Å²) in [6, 6.07) is 15.8. The van der Waals surface area contributed by atoms with Crippen molar-refractivity contribution in [2.45, 2.75) is 13.3 Å². The van der Waals surface area contributed by atoms with E-state index in [-0.39, 0.29) is 0 Å². The molecule has 0 radical (unpaired) electrons. The molecule has 2 N–H and O–H groups in total. The van der Waals surface area contributed by atoms with Crippen molar-refractivity contribution in [2.75, 3.05) is 11.9 Å². The van der Waals surface area contributed by atoms with Gasteiger partial charge in [0.05, 0.1) is 17.6 Å². The molecule has 5 nitrogen and oxygen atoms in total. The lowest BCUT2D eigenvalue weighted by molar-refractivity contribution is 0.161. The Morgan fingerprint density at radius 1 is 1.21 bits per heavy atom. The Morgan fingerprint density at radius 2 is 2.00 bits per heavy atom. The van der Waals surface area contributed by atoms with Crippen LogP contribution in [0.5, 0.6) is 0 Å². The molecule has 0 spiro atoms. The van der Waals surface area contributed by atoms with E-state index in [2.05, 4.69) is 21.9 Å². The molecule has 0 aliphatic heterocycles. The number of rotatable bonds is 5. The van der Waals surface area contributed by atoms with E-state index >= 15 is 0 Å².